The third-order valence-electron chi connectivity index (χ3n) is 8.57. The van der Waals surface area contributed by atoms with Crippen molar-refractivity contribution in [1.29, 1.82) is 0 Å². The van der Waals surface area contributed by atoms with Crippen LogP contribution in [0.25, 0.3) is 0 Å². The minimum atomic E-state index is -0.384. The average molecular weight is 661 g/mol. The summed E-state index contributed by atoms with van der Waals surface area (Å²) in [5, 5.41) is 0. The molecule has 0 aliphatic rings. The summed E-state index contributed by atoms with van der Waals surface area (Å²) >= 11 is 0. The molecule has 0 amide bonds. The maximum Gasteiger partial charge on any atom is 2.00 e. The van der Waals surface area contributed by atoms with Gasteiger partial charge in [-0.25, -0.2) is 0 Å². The van der Waals surface area contributed by atoms with E-state index in [0.717, 1.165) is 25.7 Å². The summed E-state index contributed by atoms with van der Waals surface area (Å²) in [4.78, 5) is 23.7. The Balaban J connectivity index is -0.00000308. The van der Waals surface area contributed by atoms with Gasteiger partial charge in [-0.3, -0.25) is 9.59 Å². The van der Waals surface area contributed by atoms with Gasteiger partial charge in [-0.05, 0) is 37.8 Å². The van der Waals surface area contributed by atoms with Crippen molar-refractivity contribution in [2.24, 2.45) is 0 Å². The molecule has 0 heterocycles. The summed E-state index contributed by atoms with van der Waals surface area (Å²) in [6, 6.07) is 0. The van der Waals surface area contributed by atoms with Crippen molar-refractivity contribution in [2.75, 3.05) is 0 Å². The number of allylic oxidation sites excluding steroid dienone is 2. The zero-order valence-electron chi connectivity index (χ0n) is 32.3. The smallest absolute Gasteiger partial charge is 1.00 e. The number of hydrogen-bond acceptors (Lipinski definition) is 4. The summed E-state index contributed by atoms with van der Waals surface area (Å²) in [6.45, 7) is 4.55. The fourth-order valence-corrected chi connectivity index (χ4v) is 5.62. The normalized spacial score (nSPS) is 11.3. The van der Waals surface area contributed by atoms with Crippen LogP contribution in [-0.4, -0.2) is 49.7 Å². The van der Waals surface area contributed by atoms with E-state index in [1.165, 1.54) is 179 Å². The molecular weight excluding hydrogens is 585 g/mol. The first-order valence-corrected chi connectivity index (χ1v) is 19.4. The third kappa shape index (κ3) is 41.7. The van der Waals surface area contributed by atoms with Gasteiger partial charge >= 0.3 is 49.7 Å². The molecule has 0 fully saturated rings. The van der Waals surface area contributed by atoms with Gasteiger partial charge in [-0.2, -0.15) is 0 Å². The van der Waals surface area contributed by atoms with E-state index < -0.39 is 0 Å². The quantitative estimate of drug-likeness (QED) is 0.0294. The predicted octanol–water partition coefficient (Wildman–Crippen LogP) is 13.5. The number of ether oxygens (including phenoxy) is 2. The second-order valence-corrected chi connectivity index (χ2v) is 13.0. The monoisotopic (exact) mass is 661 g/mol. The zero-order valence-corrected chi connectivity index (χ0v) is 32.5. The van der Waals surface area contributed by atoms with Crippen LogP contribution in [0.4, 0.5) is 0 Å². The van der Waals surface area contributed by atoms with E-state index in [2.05, 4.69) is 13.8 Å². The number of carbonyl (C=O) groups excluding carboxylic acids is 2. The molecule has 0 saturated carbocycles. The second kappa shape index (κ2) is 41.7. The van der Waals surface area contributed by atoms with Crippen LogP contribution in [0.15, 0.2) is 24.7 Å². The van der Waals surface area contributed by atoms with Gasteiger partial charge < -0.3 is 12.3 Å². The van der Waals surface area contributed by atoms with Gasteiger partial charge in [0.15, 0.2) is 0 Å². The third-order valence-corrected chi connectivity index (χ3v) is 8.57. The molecule has 0 rings (SSSR count). The molecule has 45 heavy (non-hydrogen) atoms. The van der Waals surface area contributed by atoms with Crippen LogP contribution in [0, 0.1) is 0 Å². The Labute approximate surface area is 313 Å². The van der Waals surface area contributed by atoms with E-state index in [1.807, 2.05) is 12.2 Å². The molecule has 0 radical (unpaired) electrons. The van der Waals surface area contributed by atoms with Gasteiger partial charge in [0.05, 0.1) is 25.4 Å². The predicted molar refractivity (Wildman–Crippen MR) is 198 cm³/mol. The molecule has 0 aliphatic carbocycles. The van der Waals surface area contributed by atoms with Crippen molar-refractivity contribution < 1.29 is 21.9 Å². The van der Waals surface area contributed by atoms with Crippen LogP contribution in [0.2, 0.25) is 0 Å². The molecule has 0 aromatic carbocycles. The first kappa shape index (κ1) is 46.8. The van der Waals surface area contributed by atoms with Gasteiger partial charge in [-0.1, -0.05) is 181 Å². The Morgan fingerprint density at radius 2 is 0.622 bits per heavy atom. The Morgan fingerprint density at radius 1 is 0.400 bits per heavy atom. The van der Waals surface area contributed by atoms with Crippen molar-refractivity contribution in [1.82, 2.24) is 0 Å². The molecule has 0 atom stereocenters. The van der Waals surface area contributed by atoms with E-state index >= 15 is 0 Å². The summed E-state index contributed by atoms with van der Waals surface area (Å²) in [6.07, 6.45) is 46.7. The summed E-state index contributed by atoms with van der Waals surface area (Å²) < 4.78 is 10.2. The van der Waals surface area contributed by atoms with Crippen molar-refractivity contribution >= 4 is 49.7 Å². The molecular formula is C40H76CaO4. The number of hydrogen-bond donors (Lipinski definition) is 0. The van der Waals surface area contributed by atoms with Crippen LogP contribution in [-0.2, 0) is 19.1 Å². The second-order valence-electron chi connectivity index (χ2n) is 13.0. The Bertz CT molecular complexity index is 617. The van der Waals surface area contributed by atoms with Gasteiger partial charge in [0.2, 0.25) is 0 Å². The van der Waals surface area contributed by atoms with Gasteiger partial charge in [0.25, 0.3) is 0 Å². The van der Waals surface area contributed by atoms with E-state index in [9.17, 15) is 9.59 Å². The molecule has 0 N–H and O–H groups in total. The molecule has 0 aliphatic heterocycles. The molecule has 0 aromatic rings. The van der Waals surface area contributed by atoms with Gasteiger partial charge in [0, 0.05) is 0 Å². The SMILES string of the molecule is CCCCCCCCCCCCCCCCC=COC(=O)CCC(=O)OC=CCCCCCCCCCCCCCCCC.[Ca+2].[H-].[H-]. The maximum absolute atomic E-state index is 11.8. The molecule has 0 saturated heterocycles. The minimum absolute atomic E-state index is 0. The summed E-state index contributed by atoms with van der Waals surface area (Å²) in [7, 11) is 0. The fraction of sp³-hybridized carbons (Fsp3) is 0.850. The molecule has 262 valence electrons. The maximum atomic E-state index is 11.8. The largest absolute Gasteiger partial charge is 2.00 e. The van der Waals surface area contributed by atoms with Crippen LogP contribution >= 0.6 is 0 Å². The number of rotatable bonds is 35. The first-order valence-electron chi connectivity index (χ1n) is 19.4. The van der Waals surface area contributed by atoms with Gasteiger partial charge in [0.1, 0.15) is 0 Å². The molecule has 0 bridgehead atoms. The molecule has 4 nitrogen and oxygen atoms in total. The standard InChI is InChI=1S/C40H74O4.Ca.2H/c1-3-5-7-9-11-13-15-17-19-21-23-25-27-29-31-33-37-43-39(41)35-36-40(42)44-38-34-32-30-28-26-24-22-20-18-16-14-12-10-8-6-4-2;;;/h33-34,37-38H,3-32,35-36H2,1-2H3;;;/q;+2;2*-1. The number of esters is 2. The van der Waals surface area contributed by atoms with Crippen LogP contribution in [0.1, 0.15) is 222 Å². The molecule has 0 aromatic heterocycles. The number of unbranched alkanes of at least 4 members (excludes halogenated alkanes) is 28. The zero-order chi connectivity index (χ0) is 32.0. The molecule has 0 spiro atoms. The summed E-state index contributed by atoms with van der Waals surface area (Å²) in [5.41, 5.74) is 0. The Hall–Kier alpha value is -0.320. The van der Waals surface area contributed by atoms with Crippen molar-refractivity contribution in [3.63, 3.8) is 0 Å². The average Bonchev–Trinajstić information content (AvgIpc) is 3.03. The van der Waals surface area contributed by atoms with Crippen LogP contribution in [0.3, 0.4) is 0 Å². The Morgan fingerprint density at radius 3 is 0.867 bits per heavy atom. The van der Waals surface area contributed by atoms with Crippen LogP contribution < -0.4 is 0 Å². The van der Waals surface area contributed by atoms with E-state index in [0.29, 0.717) is 0 Å². The minimum Gasteiger partial charge on any atom is -1.00 e. The topological polar surface area (TPSA) is 52.6 Å². The summed E-state index contributed by atoms with van der Waals surface area (Å²) in [5.74, 6) is -0.768. The fourth-order valence-electron chi connectivity index (χ4n) is 5.62. The van der Waals surface area contributed by atoms with Gasteiger partial charge in [-0.15, -0.1) is 0 Å². The van der Waals surface area contributed by atoms with Crippen molar-refractivity contribution in [2.45, 2.75) is 219 Å². The van der Waals surface area contributed by atoms with Crippen molar-refractivity contribution in [3.8, 4) is 0 Å². The van der Waals surface area contributed by atoms with Crippen molar-refractivity contribution in [3.05, 3.63) is 24.7 Å². The number of carbonyl (C=O) groups is 2. The van der Waals surface area contributed by atoms with Crippen LogP contribution in [0.5, 0.6) is 0 Å². The molecule has 5 heteroatoms. The molecule has 0 unspecified atom stereocenters. The van der Waals surface area contributed by atoms with E-state index in [4.69, 9.17) is 9.47 Å². The van der Waals surface area contributed by atoms with E-state index in [-0.39, 0.29) is 65.4 Å². The Kier molecular flexibility index (Phi) is 43.4. The first-order chi connectivity index (χ1) is 21.7. The van der Waals surface area contributed by atoms with E-state index in [1.54, 1.807) is 0 Å².